The largest absolute Gasteiger partial charge is 0.351 e. The van der Waals surface area contributed by atoms with Gasteiger partial charge in [0.05, 0.1) is 0 Å². The second-order valence-electron chi connectivity index (χ2n) is 10.1. The molecule has 0 spiro atoms. The molecule has 0 aliphatic carbocycles. The third-order valence-corrected chi connectivity index (χ3v) is 6.81. The van der Waals surface area contributed by atoms with Crippen molar-refractivity contribution in [3.63, 3.8) is 0 Å². The van der Waals surface area contributed by atoms with Crippen LogP contribution in [0.5, 0.6) is 0 Å². The maximum Gasteiger partial charge on any atom is 0.315 e. The first kappa shape index (κ1) is 27.4. The fourth-order valence-corrected chi connectivity index (χ4v) is 4.68. The average Bonchev–Trinajstić information content (AvgIpc) is 3.44. The summed E-state index contributed by atoms with van der Waals surface area (Å²) in [6, 6.07) is 24.0. The number of amides is 3. The SMILES string of the molecule is CN(C)CCNC(=O)c1cccc(CNC(=O)NCc2ccccc2-c2ccc(CN3CCCC3)cc2)c1. The van der Waals surface area contributed by atoms with E-state index < -0.39 is 0 Å². The fraction of sp³-hybridized carbons (Fsp3) is 0.355. The van der Waals surface area contributed by atoms with E-state index in [9.17, 15) is 9.59 Å². The van der Waals surface area contributed by atoms with Gasteiger partial charge < -0.3 is 20.9 Å². The highest BCUT2D eigenvalue weighted by Gasteiger charge is 2.12. The predicted molar refractivity (Wildman–Crippen MR) is 153 cm³/mol. The second-order valence-corrected chi connectivity index (χ2v) is 10.1. The van der Waals surface area contributed by atoms with Crippen molar-refractivity contribution in [2.24, 2.45) is 0 Å². The van der Waals surface area contributed by atoms with E-state index in [2.05, 4.69) is 51.2 Å². The zero-order valence-electron chi connectivity index (χ0n) is 22.5. The number of nitrogens with one attached hydrogen (secondary N) is 3. The number of carbonyl (C=O) groups excluding carboxylic acids is 2. The van der Waals surface area contributed by atoms with Crippen molar-refractivity contribution < 1.29 is 9.59 Å². The Bertz CT molecular complexity index is 1200. The summed E-state index contributed by atoms with van der Waals surface area (Å²) in [7, 11) is 3.94. The molecule has 1 fully saturated rings. The van der Waals surface area contributed by atoms with Crippen LogP contribution in [0.25, 0.3) is 11.1 Å². The van der Waals surface area contributed by atoms with Crippen molar-refractivity contribution in [3.8, 4) is 11.1 Å². The standard InChI is InChI=1S/C31H39N5O2/c1-35(2)19-16-32-30(37)27-10-7-8-25(20-27)21-33-31(38)34-22-28-9-3-4-11-29(28)26-14-12-24(13-15-26)23-36-17-5-6-18-36/h3-4,7-15,20H,5-6,16-19,21-23H2,1-2H3,(H,32,37)(H2,33,34,38). The molecule has 38 heavy (non-hydrogen) atoms. The summed E-state index contributed by atoms with van der Waals surface area (Å²) in [4.78, 5) is 29.5. The first-order valence-electron chi connectivity index (χ1n) is 13.4. The second kappa shape index (κ2) is 13.7. The lowest BCUT2D eigenvalue weighted by atomic mass is 9.98. The molecular formula is C31H39N5O2. The Labute approximate surface area is 226 Å². The van der Waals surface area contributed by atoms with E-state index in [0.29, 0.717) is 25.2 Å². The normalized spacial score (nSPS) is 13.4. The van der Waals surface area contributed by atoms with Gasteiger partial charge in [-0.15, -0.1) is 0 Å². The lowest BCUT2D eigenvalue weighted by molar-refractivity contribution is 0.0951. The van der Waals surface area contributed by atoms with Gasteiger partial charge >= 0.3 is 6.03 Å². The van der Waals surface area contributed by atoms with Gasteiger partial charge in [-0.1, -0.05) is 60.7 Å². The maximum absolute atomic E-state index is 12.6. The Morgan fingerprint density at radius 2 is 1.55 bits per heavy atom. The molecule has 1 aliphatic heterocycles. The monoisotopic (exact) mass is 513 g/mol. The van der Waals surface area contributed by atoms with Crippen molar-refractivity contribution >= 4 is 11.9 Å². The molecule has 0 atom stereocenters. The minimum absolute atomic E-state index is 0.112. The van der Waals surface area contributed by atoms with Crippen LogP contribution in [0.3, 0.4) is 0 Å². The molecule has 3 N–H and O–H groups in total. The molecule has 1 saturated heterocycles. The van der Waals surface area contributed by atoms with Crippen LogP contribution in [0.15, 0.2) is 72.8 Å². The molecule has 4 rings (SSSR count). The van der Waals surface area contributed by atoms with Gasteiger partial charge in [0, 0.05) is 38.3 Å². The summed E-state index contributed by atoms with van der Waals surface area (Å²) in [5.41, 5.74) is 6.12. The van der Waals surface area contributed by atoms with Crippen molar-refractivity contribution in [1.29, 1.82) is 0 Å². The van der Waals surface area contributed by atoms with Crippen molar-refractivity contribution in [1.82, 2.24) is 25.8 Å². The van der Waals surface area contributed by atoms with Crippen molar-refractivity contribution in [2.75, 3.05) is 40.3 Å². The van der Waals surface area contributed by atoms with E-state index >= 15 is 0 Å². The molecule has 3 aromatic carbocycles. The van der Waals surface area contributed by atoms with E-state index in [-0.39, 0.29) is 11.9 Å². The molecule has 0 unspecified atom stereocenters. The molecule has 3 amide bonds. The number of hydrogen-bond acceptors (Lipinski definition) is 4. The maximum atomic E-state index is 12.6. The third-order valence-electron chi connectivity index (χ3n) is 6.81. The molecule has 3 aromatic rings. The Morgan fingerprint density at radius 3 is 2.32 bits per heavy atom. The summed E-state index contributed by atoms with van der Waals surface area (Å²) in [6.07, 6.45) is 2.60. The molecule has 0 bridgehead atoms. The van der Waals surface area contributed by atoms with Crippen molar-refractivity contribution in [2.45, 2.75) is 32.5 Å². The Hall–Kier alpha value is -3.68. The number of likely N-dealkylation sites (N-methyl/N-ethyl adjacent to an activating group) is 1. The smallest absolute Gasteiger partial charge is 0.315 e. The quantitative estimate of drug-likeness (QED) is 0.359. The van der Waals surface area contributed by atoms with Gasteiger partial charge in [0.25, 0.3) is 5.91 Å². The van der Waals surface area contributed by atoms with E-state index in [1.54, 1.807) is 6.07 Å². The molecule has 1 aliphatic rings. The highest BCUT2D eigenvalue weighted by Crippen LogP contribution is 2.25. The van der Waals surface area contributed by atoms with Crippen LogP contribution in [0.4, 0.5) is 4.79 Å². The first-order chi connectivity index (χ1) is 18.5. The number of likely N-dealkylation sites (tertiary alicyclic amines) is 1. The number of nitrogens with zero attached hydrogens (tertiary/aromatic N) is 2. The molecule has 0 saturated carbocycles. The topological polar surface area (TPSA) is 76.7 Å². The Balaban J connectivity index is 1.28. The molecule has 7 nitrogen and oxygen atoms in total. The van der Waals surface area contributed by atoms with E-state index in [0.717, 1.165) is 35.3 Å². The van der Waals surface area contributed by atoms with Crippen molar-refractivity contribution in [3.05, 3.63) is 95.1 Å². The van der Waals surface area contributed by atoms with Crippen LogP contribution in [0.2, 0.25) is 0 Å². The lowest BCUT2D eigenvalue weighted by Crippen LogP contribution is -2.34. The van der Waals surface area contributed by atoms with Gasteiger partial charge in [0.15, 0.2) is 0 Å². The molecule has 0 aromatic heterocycles. The van der Waals surface area contributed by atoms with Gasteiger partial charge in [-0.05, 0) is 80.0 Å². The zero-order chi connectivity index (χ0) is 26.7. The predicted octanol–water partition coefficient (Wildman–Crippen LogP) is 4.24. The number of rotatable bonds is 11. The zero-order valence-corrected chi connectivity index (χ0v) is 22.5. The van der Waals surface area contributed by atoms with E-state index in [4.69, 9.17) is 0 Å². The first-order valence-corrected chi connectivity index (χ1v) is 13.4. The van der Waals surface area contributed by atoms with Crippen LogP contribution in [-0.2, 0) is 19.6 Å². The van der Waals surface area contributed by atoms with Crippen LogP contribution in [0.1, 0.15) is 39.9 Å². The molecule has 7 heteroatoms. The van der Waals surface area contributed by atoms with E-state index in [1.165, 1.54) is 31.5 Å². The van der Waals surface area contributed by atoms with Crippen LogP contribution in [-0.4, -0.2) is 62.0 Å². The highest BCUT2D eigenvalue weighted by molar-refractivity contribution is 5.94. The molecular weight excluding hydrogens is 474 g/mol. The third kappa shape index (κ3) is 8.16. The summed E-state index contributed by atoms with van der Waals surface area (Å²) in [6.45, 7) is 5.51. The summed E-state index contributed by atoms with van der Waals surface area (Å²) < 4.78 is 0. The minimum atomic E-state index is -0.249. The van der Waals surface area contributed by atoms with E-state index in [1.807, 2.05) is 55.4 Å². The number of hydrogen-bond donors (Lipinski definition) is 3. The summed E-state index contributed by atoms with van der Waals surface area (Å²) in [5.74, 6) is -0.112. The Morgan fingerprint density at radius 1 is 0.816 bits per heavy atom. The molecule has 0 radical (unpaired) electrons. The Kier molecular flexibility index (Phi) is 9.90. The van der Waals surface area contributed by atoms with Gasteiger partial charge in [-0.2, -0.15) is 0 Å². The van der Waals surface area contributed by atoms with Crippen LogP contribution >= 0.6 is 0 Å². The summed E-state index contributed by atoms with van der Waals surface area (Å²) >= 11 is 0. The summed E-state index contributed by atoms with van der Waals surface area (Å²) in [5, 5.41) is 8.79. The van der Waals surface area contributed by atoms with Gasteiger partial charge in [-0.3, -0.25) is 9.69 Å². The van der Waals surface area contributed by atoms with Crippen LogP contribution in [0, 0.1) is 0 Å². The molecule has 1 heterocycles. The number of urea groups is 1. The van der Waals surface area contributed by atoms with Gasteiger partial charge in [0.1, 0.15) is 0 Å². The molecule has 200 valence electrons. The lowest BCUT2D eigenvalue weighted by Gasteiger charge is -2.15. The van der Waals surface area contributed by atoms with Crippen LogP contribution < -0.4 is 16.0 Å². The highest BCUT2D eigenvalue weighted by atomic mass is 16.2. The van der Waals surface area contributed by atoms with Gasteiger partial charge in [-0.25, -0.2) is 4.79 Å². The number of carbonyl (C=O) groups is 2. The van der Waals surface area contributed by atoms with Gasteiger partial charge in [0.2, 0.25) is 0 Å². The number of benzene rings is 3. The minimum Gasteiger partial charge on any atom is -0.351 e. The fourth-order valence-electron chi connectivity index (χ4n) is 4.68. The average molecular weight is 514 g/mol.